The van der Waals surface area contributed by atoms with Gasteiger partial charge in [0, 0.05) is 29.8 Å². The Morgan fingerprint density at radius 2 is 1.69 bits per heavy atom. The van der Waals surface area contributed by atoms with E-state index in [0.717, 1.165) is 72.3 Å². The second-order valence-corrected chi connectivity index (χ2v) is 7.73. The average molecular weight is 430 g/mol. The smallest absolute Gasteiger partial charge is 0.158 e. The van der Waals surface area contributed by atoms with Gasteiger partial charge >= 0.3 is 0 Å². The van der Waals surface area contributed by atoms with Crippen molar-refractivity contribution in [3.8, 4) is 28.3 Å². The zero-order valence-electron chi connectivity index (χ0n) is 19.1. The van der Waals surface area contributed by atoms with E-state index in [2.05, 4.69) is 42.3 Å². The minimum absolute atomic E-state index is 0.812. The molecule has 4 aromatic rings. The molecule has 0 radical (unpaired) electrons. The van der Waals surface area contributed by atoms with E-state index in [-0.39, 0.29) is 0 Å². The van der Waals surface area contributed by atoms with Crippen LogP contribution in [0.15, 0.2) is 66.7 Å². The van der Waals surface area contributed by atoms with Crippen molar-refractivity contribution in [2.45, 2.75) is 20.3 Å². The minimum Gasteiger partial charge on any atom is -0.497 e. The number of hydrogen-bond acceptors (Lipinski definition) is 5. The maximum atomic E-state index is 5.39. The van der Waals surface area contributed by atoms with Crippen LogP contribution in [0.2, 0.25) is 0 Å². The molecule has 0 saturated carbocycles. The predicted octanol–water partition coefficient (Wildman–Crippen LogP) is 5.22. The molecule has 0 amide bonds. The number of fused-ring (bicyclic) bond motifs is 1. The summed E-state index contributed by atoms with van der Waals surface area (Å²) >= 11 is 0. The molecule has 0 bridgehead atoms. The molecule has 0 saturated heterocycles. The summed E-state index contributed by atoms with van der Waals surface area (Å²) in [5.41, 5.74) is 4.71. The highest BCUT2D eigenvalue weighted by molar-refractivity contribution is 5.71. The van der Waals surface area contributed by atoms with Crippen LogP contribution in [0, 0.1) is 0 Å². The molecule has 2 aromatic carbocycles. The van der Waals surface area contributed by atoms with Gasteiger partial charge in [-0.3, -0.25) is 0 Å². The molecule has 32 heavy (non-hydrogen) atoms. The van der Waals surface area contributed by atoms with Crippen LogP contribution in [0.4, 0.5) is 5.82 Å². The molecular weight excluding hydrogens is 398 g/mol. The Balaban J connectivity index is 1.67. The fourth-order valence-electron chi connectivity index (χ4n) is 3.84. The normalized spacial score (nSPS) is 11.2. The Labute approximate surface area is 189 Å². The molecule has 166 valence electrons. The van der Waals surface area contributed by atoms with Gasteiger partial charge in [0.15, 0.2) is 5.65 Å². The number of anilines is 1. The van der Waals surface area contributed by atoms with Crippen molar-refractivity contribution >= 4 is 11.5 Å². The van der Waals surface area contributed by atoms with Crippen molar-refractivity contribution in [2.24, 2.45) is 0 Å². The third-order valence-electron chi connectivity index (χ3n) is 5.71. The van der Waals surface area contributed by atoms with E-state index in [9.17, 15) is 0 Å². The summed E-state index contributed by atoms with van der Waals surface area (Å²) in [6.45, 7) is 8.53. The van der Waals surface area contributed by atoms with E-state index < -0.39 is 0 Å². The van der Waals surface area contributed by atoms with Crippen LogP contribution in [-0.4, -0.2) is 52.8 Å². The van der Waals surface area contributed by atoms with Crippen molar-refractivity contribution < 1.29 is 4.74 Å². The lowest BCUT2D eigenvalue weighted by Gasteiger charge is -2.18. The second kappa shape index (κ2) is 10.3. The van der Waals surface area contributed by atoms with E-state index >= 15 is 0 Å². The van der Waals surface area contributed by atoms with Crippen LogP contribution < -0.4 is 10.1 Å². The van der Waals surface area contributed by atoms with Gasteiger partial charge in [0.25, 0.3) is 0 Å². The van der Waals surface area contributed by atoms with Gasteiger partial charge in [0.2, 0.25) is 0 Å². The average Bonchev–Trinajstić information content (AvgIpc) is 3.29. The number of ether oxygens (including phenoxy) is 1. The molecule has 6 heteroatoms. The molecule has 0 aliphatic carbocycles. The third kappa shape index (κ3) is 4.92. The molecule has 0 aliphatic rings. The molecule has 0 spiro atoms. The number of hydrogen-bond donors (Lipinski definition) is 1. The fraction of sp³-hybridized carbons (Fsp3) is 0.308. The monoisotopic (exact) mass is 429 g/mol. The van der Waals surface area contributed by atoms with Crippen molar-refractivity contribution in [3.05, 3.63) is 66.7 Å². The first-order valence-corrected chi connectivity index (χ1v) is 11.3. The zero-order valence-corrected chi connectivity index (χ0v) is 19.1. The quantitative estimate of drug-likeness (QED) is 0.351. The summed E-state index contributed by atoms with van der Waals surface area (Å²) < 4.78 is 7.29. The van der Waals surface area contributed by atoms with Gasteiger partial charge in [-0.2, -0.15) is 9.61 Å². The molecule has 1 N–H and O–H groups in total. The first kappa shape index (κ1) is 21.8. The van der Waals surface area contributed by atoms with E-state index in [1.807, 2.05) is 53.0 Å². The fourth-order valence-corrected chi connectivity index (χ4v) is 3.84. The lowest BCUT2D eigenvalue weighted by atomic mass is 10.1. The maximum absolute atomic E-state index is 5.39. The molecular formula is C26H31N5O. The summed E-state index contributed by atoms with van der Waals surface area (Å²) in [6, 6.07) is 22.3. The number of rotatable bonds is 10. The lowest BCUT2D eigenvalue weighted by Crippen LogP contribution is -2.25. The van der Waals surface area contributed by atoms with Crippen LogP contribution in [0.1, 0.15) is 20.3 Å². The summed E-state index contributed by atoms with van der Waals surface area (Å²) in [6.07, 6.45) is 1.07. The van der Waals surface area contributed by atoms with Gasteiger partial charge in [-0.15, -0.1) is 0 Å². The van der Waals surface area contributed by atoms with E-state index in [4.69, 9.17) is 14.8 Å². The highest BCUT2D eigenvalue weighted by Crippen LogP contribution is 2.27. The molecule has 2 heterocycles. The SMILES string of the molecule is CCN(CC)CCCNc1cc(-c2ccccc2)nc2cc(-c3cccc(OC)c3)nn12. The zero-order chi connectivity index (χ0) is 22.3. The van der Waals surface area contributed by atoms with Gasteiger partial charge in [0.1, 0.15) is 11.6 Å². The molecule has 2 aromatic heterocycles. The van der Waals surface area contributed by atoms with Crippen LogP contribution >= 0.6 is 0 Å². The van der Waals surface area contributed by atoms with Gasteiger partial charge in [-0.25, -0.2) is 4.98 Å². The van der Waals surface area contributed by atoms with Crippen LogP contribution in [-0.2, 0) is 0 Å². The molecule has 0 unspecified atom stereocenters. The van der Waals surface area contributed by atoms with E-state index in [0.29, 0.717) is 0 Å². The third-order valence-corrected chi connectivity index (χ3v) is 5.71. The summed E-state index contributed by atoms with van der Waals surface area (Å²) in [4.78, 5) is 7.34. The summed E-state index contributed by atoms with van der Waals surface area (Å²) in [5, 5.41) is 8.46. The number of methoxy groups -OCH3 is 1. The predicted molar refractivity (Wildman–Crippen MR) is 131 cm³/mol. The van der Waals surface area contributed by atoms with Crippen molar-refractivity contribution in [2.75, 3.05) is 38.6 Å². The number of nitrogens with one attached hydrogen (secondary N) is 1. The molecule has 0 fully saturated rings. The lowest BCUT2D eigenvalue weighted by molar-refractivity contribution is 0.303. The van der Waals surface area contributed by atoms with E-state index in [1.54, 1.807) is 7.11 Å². The molecule has 0 aliphatic heterocycles. The molecule has 6 nitrogen and oxygen atoms in total. The first-order chi connectivity index (χ1) is 15.7. The molecule has 0 atom stereocenters. The number of aromatic nitrogens is 3. The van der Waals surface area contributed by atoms with Crippen molar-refractivity contribution in [1.29, 1.82) is 0 Å². The summed E-state index contributed by atoms with van der Waals surface area (Å²) in [7, 11) is 1.68. The molecule has 4 rings (SSSR count). The Morgan fingerprint density at radius 3 is 2.44 bits per heavy atom. The van der Waals surface area contributed by atoms with Gasteiger partial charge in [0.05, 0.1) is 18.5 Å². The van der Waals surface area contributed by atoms with E-state index in [1.165, 1.54) is 0 Å². The van der Waals surface area contributed by atoms with Gasteiger partial charge in [-0.1, -0.05) is 56.3 Å². The van der Waals surface area contributed by atoms with Crippen molar-refractivity contribution in [3.63, 3.8) is 0 Å². The maximum Gasteiger partial charge on any atom is 0.158 e. The second-order valence-electron chi connectivity index (χ2n) is 7.73. The minimum atomic E-state index is 0.812. The number of nitrogens with zero attached hydrogens (tertiary/aromatic N) is 4. The number of benzene rings is 2. The van der Waals surface area contributed by atoms with Crippen LogP contribution in [0.3, 0.4) is 0 Å². The summed E-state index contributed by atoms with van der Waals surface area (Å²) in [5.74, 6) is 1.76. The van der Waals surface area contributed by atoms with Crippen LogP contribution in [0.25, 0.3) is 28.2 Å². The van der Waals surface area contributed by atoms with Gasteiger partial charge < -0.3 is 15.0 Å². The van der Waals surface area contributed by atoms with Gasteiger partial charge in [-0.05, 0) is 38.2 Å². The van der Waals surface area contributed by atoms with Crippen LogP contribution in [0.5, 0.6) is 5.75 Å². The Morgan fingerprint density at radius 1 is 0.906 bits per heavy atom. The first-order valence-electron chi connectivity index (χ1n) is 11.3. The highest BCUT2D eigenvalue weighted by Gasteiger charge is 2.13. The largest absolute Gasteiger partial charge is 0.497 e. The van der Waals surface area contributed by atoms with Crippen molar-refractivity contribution in [1.82, 2.24) is 19.5 Å². The topological polar surface area (TPSA) is 54.7 Å². The Bertz CT molecular complexity index is 1150. The Hall–Kier alpha value is -3.38. The standard InChI is InChI=1S/C26H31N5O/c1-4-30(5-2)16-10-15-27-25-18-23(20-11-7-6-8-12-20)28-26-19-24(29-31(25)26)21-13-9-14-22(17-21)32-3/h6-9,11-14,17-19,27H,4-5,10,15-16H2,1-3H3. The Kier molecular flexibility index (Phi) is 7.02. The highest BCUT2D eigenvalue weighted by atomic mass is 16.5.